The Bertz CT molecular complexity index is 595. The second-order valence-corrected chi connectivity index (χ2v) is 6.76. The number of halogens is 1. The van der Waals surface area contributed by atoms with Crippen LogP contribution in [0.1, 0.15) is 31.7 Å². The first-order chi connectivity index (χ1) is 13.8. The topological polar surface area (TPSA) is 73.3 Å². The molecule has 1 aromatic rings. The molecule has 1 aliphatic heterocycles. The summed E-state index contributed by atoms with van der Waals surface area (Å²) in [6.45, 7) is 7.53. The molecule has 0 aromatic heterocycles. The number of aliphatic imine (C=N–C) groups is 1. The smallest absolute Gasteiger partial charge is 0.191 e. The molecule has 0 radical (unpaired) electrons. The molecule has 29 heavy (non-hydrogen) atoms. The Kier molecular flexibility index (Phi) is 13.8. The van der Waals surface area contributed by atoms with Gasteiger partial charge >= 0.3 is 0 Å². The van der Waals surface area contributed by atoms with Gasteiger partial charge in [-0.15, -0.1) is 24.0 Å². The average molecular weight is 521 g/mol. The molecule has 0 aliphatic carbocycles. The number of nitrogens with zero attached hydrogens (tertiary/aromatic N) is 1. The molecular weight excluding hydrogens is 485 g/mol. The number of guanidine groups is 1. The molecule has 0 atom stereocenters. The molecule has 2 rings (SSSR count). The predicted octanol–water partition coefficient (Wildman–Crippen LogP) is 3.21. The highest BCUT2D eigenvalue weighted by Crippen LogP contribution is 2.31. The van der Waals surface area contributed by atoms with Crippen LogP contribution in [0.5, 0.6) is 11.5 Å². The van der Waals surface area contributed by atoms with Crippen LogP contribution in [-0.2, 0) is 16.0 Å². The summed E-state index contributed by atoms with van der Waals surface area (Å²) in [5, 5.41) is 6.64. The first-order valence-electron chi connectivity index (χ1n) is 10.2. The van der Waals surface area contributed by atoms with Gasteiger partial charge in [-0.1, -0.05) is 12.1 Å². The minimum absolute atomic E-state index is 0. The second kappa shape index (κ2) is 15.6. The van der Waals surface area contributed by atoms with Crippen LogP contribution in [0.25, 0.3) is 0 Å². The zero-order valence-corrected chi connectivity index (χ0v) is 20.2. The molecule has 0 saturated carbocycles. The van der Waals surface area contributed by atoms with E-state index in [1.54, 1.807) is 14.2 Å². The van der Waals surface area contributed by atoms with Crippen LogP contribution in [0, 0.1) is 5.92 Å². The number of ether oxygens (including phenoxy) is 4. The van der Waals surface area contributed by atoms with E-state index in [4.69, 9.17) is 18.9 Å². The fourth-order valence-corrected chi connectivity index (χ4v) is 3.13. The second-order valence-electron chi connectivity index (χ2n) is 6.76. The molecule has 0 amide bonds. The van der Waals surface area contributed by atoms with E-state index in [1.165, 1.54) is 0 Å². The number of rotatable bonds is 11. The zero-order valence-electron chi connectivity index (χ0n) is 17.9. The summed E-state index contributed by atoms with van der Waals surface area (Å²) in [7, 11) is 3.29. The van der Waals surface area contributed by atoms with Crippen molar-refractivity contribution in [3.8, 4) is 11.5 Å². The molecular formula is C21H36IN3O4. The summed E-state index contributed by atoms with van der Waals surface area (Å²) < 4.78 is 22.0. The minimum atomic E-state index is 0. The van der Waals surface area contributed by atoms with Gasteiger partial charge in [-0.3, -0.25) is 0 Å². The molecule has 1 heterocycles. The molecule has 1 saturated heterocycles. The van der Waals surface area contributed by atoms with Crippen molar-refractivity contribution in [3.63, 3.8) is 0 Å². The number of hydrogen-bond acceptors (Lipinski definition) is 5. The molecule has 1 aromatic carbocycles. The number of nitrogens with one attached hydrogen (secondary N) is 2. The number of para-hydroxylation sites is 1. The monoisotopic (exact) mass is 521 g/mol. The van der Waals surface area contributed by atoms with Crippen molar-refractivity contribution in [2.75, 3.05) is 53.7 Å². The molecule has 2 N–H and O–H groups in total. The van der Waals surface area contributed by atoms with E-state index in [1.807, 2.05) is 18.2 Å². The Morgan fingerprint density at radius 3 is 2.66 bits per heavy atom. The maximum atomic E-state index is 5.81. The van der Waals surface area contributed by atoms with E-state index in [-0.39, 0.29) is 24.0 Å². The van der Waals surface area contributed by atoms with Gasteiger partial charge in [0.05, 0.1) is 20.8 Å². The third kappa shape index (κ3) is 9.39. The maximum Gasteiger partial charge on any atom is 0.191 e. The van der Waals surface area contributed by atoms with E-state index in [0.717, 1.165) is 81.8 Å². The molecule has 0 unspecified atom stereocenters. The fourth-order valence-electron chi connectivity index (χ4n) is 3.13. The molecule has 0 bridgehead atoms. The van der Waals surface area contributed by atoms with Crippen molar-refractivity contribution >= 4 is 29.9 Å². The van der Waals surface area contributed by atoms with Gasteiger partial charge in [-0.05, 0) is 38.2 Å². The van der Waals surface area contributed by atoms with Gasteiger partial charge in [0.1, 0.15) is 0 Å². The van der Waals surface area contributed by atoms with Gasteiger partial charge < -0.3 is 29.6 Å². The van der Waals surface area contributed by atoms with Crippen LogP contribution in [0.3, 0.4) is 0 Å². The number of hydrogen-bond donors (Lipinski definition) is 2. The van der Waals surface area contributed by atoms with Gasteiger partial charge in [0.2, 0.25) is 0 Å². The van der Waals surface area contributed by atoms with E-state index < -0.39 is 0 Å². The highest BCUT2D eigenvalue weighted by molar-refractivity contribution is 14.0. The molecule has 1 fully saturated rings. The van der Waals surface area contributed by atoms with Crippen molar-refractivity contribution in [2.45, 2.75) is 32.7 Å². The average Bonchev–Trinajstić information content (AvgIpc) is 2.74. The highest BCUT2D eigenvalue weighted by atomic mass is 127. The van der Waals surface area contributed by atoms with Crippen molar-refractivity contribution in [3.05, 3.63) is 23.8 Å². The summed E-state index contributed by atoms with van der Waals surface area (Å²) in [4.78, 5) is 4.66. The first kappa shape index (κ1) is 25.8. The van der Waals surface area contributed by atoms with Crippen LogP contribution in [0.2, 0.25) is 0 Å². The van der Waals surface area contributed by atoms with E-state index in [2.05, 4.69) is 22.5 Å². The lowest BCUT2D eigenvalue weighted by Gasteiger charge is -2.21. The molecule has 0 spiro atoms. The molecule has 1 aliphatic rings. The predicted molar refractivity (Wildman–Crippen MR) is 127 cm³/mol. The van der Waals surface area contributed by atoms with Gasteiger partial charge in [0.25, 0.3) is 0 Å². The van der Waals surface area contributed by atoms with Crippen molar-refractivity contribution in [2.24, 2.45) is 10.9 Å². The number of benzene rings is 1. The van der Waals surface area contributed by atoms with Crippen LogP contribution in [0.4, 0.5) is 0 Å². The van der Waals surface area contributed by atoms with Gasteiger partial charge in [-0.25, -0.2) is 4.99 Å². The Balaban J connectivity index is 0.00000420. The van der Waals surface area contributed by atoms with E-state index >= 15 is 0 Å². The first-order valence-corrected chi connectivity index (χ1v) is 10.2. The lowest BCUT2D eigenvalue weighted by molar-refractivity contribution is 0.0203. The molecule has 8 heteroatoms. The third-order valence-electron chi connectivity index (χ3n) is 4.69. The van der Waals surface area contributed by atoms with Crippen LogP contribution in [-0.4, -0.2) is 59.7 Å². The lowest BCUT2D eigenvalue weighted by Crippen LogP contribution is -2.38. The summed E-state index contributed by atoms with van der Waals surface area (Å²) >= 11 is 0. The maximum absolute atomic E-state index is 5.81. The Morgan fingerprint density at radius 1 is 1.17 bits per heavy atom. The zero-order chi connectivity index (χ0) is 20.0. The third-order valence-corrected chi connectivity index (χ3v) is 4.69. The standard InChI is InChI=1S/C21H35N3O4.HI/c1-4-22-21(23-11-6-12-28-16-17-9-13-27-14-10-17)24-15-18-7-5-8-19(25-2)20(18)26-3;/h5,7-8,17H,4,6,9-16H2,1-3H3,(H2,22,23,24);1H. The number of methoxy groups -OCH3 is 2. The van der Waals surface area contributed by atoms with Crippen LogP contribution < -0.4 is 20.1 Å². The van der Waals surface area contributed by atoms with Crippen LogP contribution in [0.15, 0.2) is 23.2 Å². The van der Waals surface area contributed by atoms with E-state index in [0.29, 0.717) is 12.5 Å². The Morgan fingerprint density at radius 2 is 1.97 bits per heavy atom. The van der Waals surface area contributed by atoms with Crippen molar-refractivity contribution < 1.29 is 18.9 Å². The minimum Gasteiger partial charge on any atom is -0.493 e. The molecule has 7 nitrogen and oxygen atoms in total. The van der Waals surface area contributed by atoms with Gasteiger partial charge in [0.15, 0.2) is 17.5 Å². The van der Waals surface area contributed by atoms with Gasteiger partial charge in [0, 0.05) is 45.1 Å². The quantitative estimate of drug-likeness (QED) is 0.202. The highest BCUT2D eigenvalue weighted by Gasteiger charge is 2.13. The van der Waals surface area contributed by atoms with Crippen molar-refractivity contribution in [1.82, 2.24) is 10.6 Å². The SMILES string of the molecule is CCNC(=NCc1cccc(OC)c1OC)NCCCOCC1CCOCC1.I. The largest absolute Gasteiger partial charge is 0.493 e. The van der Waals surface area contributed by atoms with Crippen LogP contribution >= 0.6 is 24.0 Å². The Hall–Kier alpha value is -1.26. The summed E-state index contributed by atoms with van der Waals surface area (Å²) in [6, 6.07) is 5.83. The summed E-state index contributed by atoms with van der Waals surface area (Å²) in [6.07, 6.45) is 3.17. The summed E-state index contributed by atoms with van der Waals surface area (Å²) in [5.41, 5.74) is 0.985. The molecule has 166 valence electrons. The fraction of sp³-hybridized carbons (Fsp3) is 0.667. The summed E-state index contributed by atoms with van der Waals surface area (Å²) in [5.74, 6) is 2.89. The Labute approximate surface area is 191 Å². The van der Waals surface area contributed by atoms with Crippen molar-refractivity contribution in [1.29, 1.82) is 0 Å². The van der Waals surface area contributed by atoms with E-state index in [9.17, 15) is 0 Å². The lowest BCUT2D eigenvalue weighted by atomic mass is 10.0. The van der Waals surface area contributed by atoms with Gasteiger partial charge in [-0.2, -0.15) is 0 Å². The normalized spacial score (nSPS) is 14.8.